The van der Waals surface area contributed by atoms with Gasteiger partial charge in [0.15, 0.2) is 5.65 Å². The minimum absolute atomic E-state index is 0.0771. The molecular weight excluding hydrogens is 425 g/mol. The zero-order valence-corrected chi connectivity index (χ0v) is 19.0. The van der Waals surface area contributed by atoms with Gasteiger partial charge >= 0.3 is 0 Å². The number of fused-ring (bicyclic) bond motifs is 3. The average Bonchev–Trinajstić information content (AvgIpc) is 3.10. The third-order valence-electron chi connectivity index (χ3n) is 5.10. The first-order valence-electron chi connectivity index (χ1n) is 10.8. The summed E-state index contributed by atoms with van der Waals surface area (Å²) in [5, 5.41) is 13.3. The number of benzene rings is 2. The van der Waals surface area contributed by atoms with Crippen molar-refractivity contribution >= 4 is 39.7 Å². The van der Waals surface area contributed by atoms with Crippen molar-refractivity contribution in [2.75, 3.05) is 12.3 Å². The maximum Gasteiger partial charge on any atom is 0.220 e. The monoisotopic (exact) mass is 451 g/mol. The third-order valence-corrected chi connectivity index (χ3v) is 6.02. The number of carbonyl (C=O) groups excluding carboxylic acids is 1. The summed E-state index contributed by atoms with van der Waals surface area (Å²) in [6, 6.07) is 14.5. The molecule has 0 aliphatic carbocycles. The van der Waals surface area contributed by atoms with Gasteiger partial charge in [-0.15, -0.1) is 10.2 Å². The molecular formula is C24H26FN5OS. The van der Waals surface area contributed by atoms with Crippen LogP contribution in [0.25, 0.3) is 22.1 Å². The molecule has 0 fully saturated rings. The van der Waals surface area contributed by atoms with E-state index in [9.17, 15) is 9.18 Å². The topological polar surface area (TPSA) is 72.7 Å². The lowest BCUT2D eigenvalue weighted by Crippen LogP contribution is -2.27. The highest BCUT2D eigenvalue weighted by Gasteiger charge is 2.15. The van der Waals surface area contributed by atoms with Crippen molar-refractivity contribution in [1.29, 1.82) is 0 Å². The van der Waals surface area contributed by atoms with Gasteiger partial charge < -0.3 is 9.88 Å². The van der Waals surface area contributed by atoms with E-state index in [1.54, 1.807) is 12.1 Å². The number of nitrogens with zero attached hydrogens (tertiary/aromatic N) is 4. The Balaban J connectivity index is 1.51. The van der Waals surface area contributed by atoms with Crippen molar-refractivity contribution in [2.45, 2.75) is 38.4 Å². The van der Waals surface area contributed by atoms with Gasteiger partial charge in [0.1, 0.15) is 11.3 Å². The Morgan fingerprint density at radius 3 is 2.69 bits per heavy atom. The van der Waals surface area contributed by atoms with Crippen LogP contribution < -0.4 is 5.32 Å². The van der Waals surface area contributed by atoms with Crippen LogP contribution in [0.15, 0.2) is 53.7 Å². The molecule has 0 unspecified atom stereocenters. The van der Waals surface area contributed by atoms with Crippen molar-refractivity contribution < 1.29 is 9.18 Å². The summed E-state index contributed by atoms with van der Waals surface area (Å²) >= 11 is 1.50. The molecule has 0 spiro atoms. The Kier molecular flexibility index (Phi) is 6.99. The molecule has 166 valence electrons. The molecule has 6 nitrogen and oxygen atoms in total. The molecule has 32 heavy (non-hydrogen) atoms. The molecule has 4 aromatic rings. The van der Waals surface area contributed by atoms with Crippen molar-refractivity contribution in [3.8, 4) is 0 Å². The minimum Gasteiger partial charge on any atom is -0.356 e. The highest BCUT2D eigenvalue weighted by atomic mass is 32.2. The first-order chi connectivity index (χ1) is 15.5. The summed E-state index contributed by atoms with van der Waals surface area (Å²) in [7, 11) is 0. The van der Waals surface area contributed by atoms with Gasteiger partial charge in [0.2, 0.25) is 11.1 Å². The smallest absolute Gasteiger partial charge is 0.220 e. The number of aromatic nitrogens is 4. The lowest BCUT2D eigenvalue weighted by Gasteiger charge is -2.08. The lowest BCUT2D eigenvalue weighted by molar-refractivity contribution is -0.121. The van der Waals surface area contributed by atoms with Crippen molar-refractivity contribution in [2.24, 2.45) is 5.92 Å². The zero-order valence-electron chi connectivity index (χ0n) is 18.2. The van der Waals surface area contributed by atoms with Crippen LogP contribution in [0, 0.1) is 11.7 Å². The fraction of sp³-hybridized carbons (Fsp3) is 0.333. The summed E-state index contributed by atoms with van der Waals surface area (Å²) in [6.45, 7) is 5.41. The summed E-state index contributed by atoms with van der Waals surface area (Å²) in [4.78, 5) is 16.7. The van der Waals surface area contributed by atoms with Gasteiger partial charge in [-0.1, -0.05) is 55.9 Å². The predicted molar refractivity (Wildman–Crippen MR) is 126 cm³/mol. The second kappa shape index (κ2) is 10.1. The molecule has 1 amide bonds. The molecule has 0 saturated carbocycles. The van der Waals surface area contributed by atoms with Gasteiger partial charge in [0.25, 0.3) is 0 Å². The Hall–Kier alpha value is -3.00. The van der Waals surface area contributed by atoms with Gasteiger partial charge in [-0.05, 0) is 36.1 Å². The van der Waals surface area contributed by atoms with Gasteiger partial charge in [0, 0.05) is 30.6 Å². The first kappa shape index (κ1) is 22.2. The fourth-order valence-electron chi connectivity index (χ4n) is 3.49. The van der Waals surface area contributed by atoms with Crippen molar-refractivity contribution in [3.05, 3.63) is 59.9 Å². The Morgan fingerprint density at radius 2 is 1.91 bits per heavy atom. The average molecular weight is 452 g/mol. The summed E-state index contributed by atoms with van der Waals surface area (Å²) in [5.41, 5.74) is 3.50. The van der Waals surface area contributed by atoms with E-state index >= 15 is 0 Å². The van der Waals surface area contributed by atoms with Gasteiger partial charge in [-0.25, -0.2) is 9.37 Å². The highest BCUT2D eigenvalue weighted by Crippen LogP contribution is 2.28. The second-order valence-electron chi connectivity index (χ2n) is 8.15. The zero-order chi connectivity index (χ0) is 22.5. The fourth-order valence-corrected chi connectivity index (χ4v) is 4.21. The van der Waals surface area contributed by atoms with Crippen LogP contribution in [0.1, 0.15) is 32.3 Å². The number of nitrogens with one attached hydrogen (secondary N) is 1. The second-order valence-corrected chi connectivity index (χ2v) is 9.21. The highest BCUT2D eigenvalue weighted by molar-refractivity contribution is 7.99. The van der Waals surface area contributed by atoms with E-state index in [1.807, 2.05) is 24.3 Å². The van der Waals surface area contributed by atoms with E-state index in [0.29, 0.717) is 30.6 Å². The molecule has 8 heteroatoms. The van der Waals surface area contributed by atoms with Crippen LogP contribution in [0.5, 0.6) is 0 Å². The standard InChI is InChI=1S/C24H26FN5OS/c1-16(2)14-26-21(31)8-5-13-32-24-27-23-22(28-29-24)19-6-3-4-7-20(19)30(23)15-17-9-11-18(25)12-10-17/h3-4,6-7,9-12,16H,5,8,13-15H2,1-2H3,(H,26,31). The van der Waals surface area contributed by atoms with Crippen molar-refractivity contribution in [3.63, 3.8) is 0 Å². The molecule has 0 aliphatic rings. The number of hydrogen-bond donors (Lipinski definition) is 1. The van der Waals surface area contributed by atoms with Crippen LogP contribution >= 0.6 is 11.8 Å². The molecule has 0 bridgehead atoms. The van der Waals surface area contributed by atoms with E-state index in [0.717, 1.165) is 39.8 Å². The quantitative estimate of drug-likeness (QED) is 0.292. The molecule has 2 aromatic carbocycles. The van der Waals surface area contributed by atoms with Crippen LogP contribution in [-0.4, -0.2) is 38.0 Å². The summed E-state index contributed by atoms with van der Waals surface area (Å²) in [6.07, 6.45) is 1.23. The number of halogens is 1. The number of thioether (sulfide) groups is 1. The van der Waals surface area contributed by atoms with E-state index in [4.69, 9.17) is 4.98 Å². The SMILES string of the molecule is CC(C)CNC(=O)CCCSc1nnc2c3ccccc3n(Cc3ccc(F)cc3)c2n1. The van der Waals surface area contributed by atoms with Crippen LogP contribution in [0.2, 0.25) is 0 Å². The van der Waals surface area contributed by atoms with E-state index < -0.39 is 0 Å². The summed E-state index contributed by atoms with van der Waals surface area (Å²) in [5.74, 6) is 1.01. The largest absolute Gasteiger partial charge is 0.356 e. The number of hydrogen-bond acceptors (Lipinski definition) is 5. The Morgan fingerprint density at radius 1 is 1.12 bits per heavy atom. The number of amides is 1. The molecule has 0 aliphatic heterocycles. The van der Waals surface area contributed by atoms with E-state index in [1.165, 1.54) is 23.9 Å². The Bertz CT molecular complexity index is 1220. The first-order valence-corrected chi connectivity index (χ1v) is 11.8. The molecule has 4 rings (SSSR count). The van der Waals surface area contributed by atoms with Gasteiger partial charge in [-0.2, -0.15) is 0 Å². The van der Waals surface area contributed by atoms with Crippen molar-refractivity contribution in [1.82, 2.24) is 25.1 Å². The molecule has 0 saturated heterocycles. The molecule has 2 aromatic heterocycles. The van der Waals surface area contributed by atoms with E-state index in [-0.39, 0.29) is 11.7 Å². The predicted octanol–water partition coefficient (Wildman–Crippen LogP) is 4.81. The lowest BCUT2D eigenvalue weighted by atomic mass is 10.2. The normalized spacial score (nSPS) is 11.5. The maximum atomic E-state index is 13.3. The molecule has 1 N–H and O–H groups in total. The number of para-hydroxylation sites is 1. The number of rotatable bonds is 9. The van der Waals surface area contributed by atoms with Gasteiger partial charge in [-0.3, -0.25) is 4.79 Å². The third kappa shape index (κ3) is 5.24. The molecule has 2 heterocycles. The summed E-state index contributed by atoms with van der Waals surface area (Å²) < 4.78 is 15.4. The minimum atomic E-state index is -0.253. The number of carbonyl (C=O) groups is 1. The Labute approximate surface area is 190 Å². The van der Waals surface area contributed by atoms with Gasteiger partial charge in [0.05, 0.1) is 5.52 Å². The van der Waals surface area contributed by atoms with Crippen LogP contribution in [0.4, 0.5) is 4.39 Å². The van der Waals surface area contributed by atoms with Crippen LogP contribution in [-0.2, 0) is 11.3 Å². The van der Waals surface area contributed by atoms with Crippen LogP contribution in [0.3, 0.4) is 0 Å². The van der Waals surface area contributed by atoms with E-state index in [2.05, 4.69) is 33.9 Å². The molecule has 0 radical (unpaired) electrons. The maximum absolute atomic E-state index is 13.3. The molecule has 0 atom stereocenters.